The van der Waals surface area contributed by atoms with Crippen molar-refractivity contribution in [2.45, 2.75) is 83.6 Å². The minimum Gasteiger partial charge on any atom is -0.299 e. The van der Waals surface area contributed by atoms with Crippen LogP contribution in [0.1, 0.15) is 51.9 Å². The summed E-state index contributed by atoms with van der Waals surface area (Å²) in [7, 11) is -1.02. The molecule has 3 saturated carbocycles. The van der Waals surface area contributed by atoms with Gasteiger partial charge in [0.25, 0.3) is 0 Å². The largest absolute Gasteiger partial charge is 0.299 e. The number of rotatable bonds is 2. The Kier molecular flexibility index (Phi) is 4.01. The van der Waals surface area contributed by atoms with Gasteiger partial charge in [-0.3, -0.25) is 4.90 Å². The molecule has 4 fully saturated rings. The summed E-state index contributed by atoms with van der Waals surface area (Å²) < 4.78 is 0. The lowest BCUT2D eigenvalue weighted by Crippen LogP contribution is -2.50. The Labute approximate surface area is 139 Å². The predicted octanol–water partition coefficient (Wildman–Crippen LogP) is 4.99. The lowest BCUT2D eigenvalue weighted by molar-refractivity contribution is 0.106. The zero-order valence-electron chi connectivity index (χ0n) is 15.2. The molecule has 3 aliphatic carbocycles. The van der Waals surface area contributed by atoms with Crippen molar-refractivity contribution in [1.29, 1.82) is 0 Å². The normalized spacial score (nSPS) is 48.8. The molecular formula is C20H36NSi. The van der Waals surface area contributed by atoms with Crippen LogP contribution in [0.2, 0.25) is 19.6 Å². The van der Waals surface area contributed by atoms with Gasteiger partial charge in [0.15, 0.2) is 0 Å². The number of likely N-dealkylation sites (tertiary alicyclic amines) is 1. The van der Waals surface area contributed by atoms with E-state index in [1.54, 1.807) is 0 Å². The molecule has 0 bridgehead atoms. The van der Waals surface area contributed by atoms with Crippen LogP contribution in [0.4, 0.5) is 0 Å². The van der Waals surface area contributed by atoms with Gasteiger partial charge in [-0.25, -0.2) is 0 Å². The van der Waals surface area contributed by atoms with Gasteiger partial charge in [0.2, 0.25) is 0 Å². The number of nitrogens with zero attached hydrogens (tertiary/aromatic N) is 1. The van der Waals surface area contributed by atoms with Crippen molar-refractivity contribution in [3.05, 3.63) is 6.42 Å². The van der Waals surface area contributed by atoms with Gasteiger partial charge in [-0.1, -0.05) is 39.4 Å². The summed E-state index contributed by atoms with van der Waals surface area (Å²) in [6.45, 7) is 10.3. The maximum Gasteiger partial charge on any atom is 0.0599 e. The van der Waals surface area contributed by atoms with Gasteiger partial charge in [0.1, 0.15) is 0 Å². The molecule has 4 rings (SSSR count). The minimum atomic E-state index is -1.02. The van der Waals surface area contributed by atoms with Crippen LogP contribution in [-0.2, 0) is 0 Å². The van der Waals surface area contributed by atoms with E-state index in [0.717, 1.165) is 41.7 Å². The van der Waals surface area contributed by atoms with Crippen LogP contribution in [0.5, 0.6) is 0 Å². The molecule has 125 valence electrons. The van der Waals surface area contributed by atoms with Crippen LogP contribution in [0.15, 0.2) is 0 Å². The van der Waals surface area contributed by atoms with Crippen LogP contribution in [0, 0.1) is 36.0 Å². The standard InChI is InChI=1S/C20H36NSi/c1-14-9-10-19-17(11-14)18-12-15-7-5-6-8-16(15)20(18)21(19)13-22(2,3)4/h12,14-20H,5-11,13H2,1-4H3. The van der Waals surface area contributed by atoms with Gasteiger partial charge >= 0.3 is 0 Å². The quantitative estimate of drug-likeness (QED) is 0.648. The molecule has 22 heavy (non-hydrogen) atoms. The Morgan fingerprint density at radius 2 is 1.77 bits per heavy atom. The molecule has 1 saturated heterocycles. The second-order valence-corrected chi connectivity index (χ2v) is 15.7. The third-order valence-corrected chi connectivity index (χ3v) is 8.58. The summed E-state index contributed by atoms with van der Waals surface area (Å²) in [5.74, 6) is 4.94. The molecule has 1 heterocycles. The third-order valence-electron chi connectivity index (χ3n) is 7.26. The smallest absolute Gasteiger partial charge is 0.0599 e. The van der Waals surface area contributed by atoms with Gasteiger partial charge in [0.05, 0.1) is 8.07 Å². The second kappa shape index (κ2) is 5.62. The molecular weight excluding hydrogens is 282 g/mol. The molecule has 1 radical (unpaired) electrons. The highest BCUT2D eigenvalue weighted by Crippen LogP contribution is 2.57. The monoisotopic (exact) mass is 318 g/mol. The van der Waals surface area contributed by atoms with E-state index < -0.39 is 8.07 Å². The molecule has 7 atom stereocenters. The Bertz CT molecular complexity index is 414. The summed E-state index contributed by atoms with van der Waals surface area (Å²) in [6.07, 6.45) is 14.9. The molecule has 0 aromatic heterocycles. The van der Waals surface area contributed by atoms with Crippen molar-refractivity contribution in [1.82, 2.24) is 4.90 Å². The fraction of sp³-hybridized carbons (Fsp3) is 0.950. The summed E-state index contributed by atoms with van der Waals surface area (Å²) in [4.78, 5) is 3.10. The Hall–Kier alpha value is 0.177. The fourth-order valence-electron chi connectivity index (χ4n) is 6.62. The summed E-state index contributed by atoms with van der Waals surface area (Å²) in [5.41, 5.74) is 0. The highest BCUT2D eigenvalue weighted by molar-refractivity contribution is 6.76. The second-order valence-electron chi connectivity index (χ2n) is 10.3. The summed E-state index contributed by atoms with van der Waals surface area (Å²) in [6, 6.07) is 1.88. The first kappa shape index (κ1) is 15.7. The Morgan fingerprint density at radius 1 is 1.00 bits per heavy atom. The minimum absolute atomic E-state index is 0.942. The molecule has 0 aromatic carbocycles. The van der Waals surface area contributed by atoms with E-state index in [-0.39, 0.29) is 0 Å². The van der Waals surface area contributed by atoms with E-state index in [1.807, 2.05) is 0 Å². The van der Waals surface area contributed by atoms with Gasteiger partial charge in [0, 0.05) is 12.1 Å². The number of fused-ring (bicyclic) bond motifs is 5. The van der Waals surface area contributed by atoms with Crippen LogP contribution >= 0.6 is 0 Å². The van der Waals surface area contributed by atoms with E-state index in [9.17, 15) is 0 Å². The van der Waals surface area contributed by atoms with Crippen LogP contribution in [0.25, 0.3) is 0 Å². The third kappa shape index (κ3) is 2.62. The van der Waals surface area contributed by atoms with E-state index in [0.29, 0.717) is 0 Å². The molecule has 0 N–H and O–H groups in total. The maximum atomic E-state index is 3.10. The molecule has 1 nitrogen and oxygen atoms in total. The molecule has 7 unspecified atom stereocenters. The lowest BCUT2D eigenvalue weighted by atomic mass is 9.74. The highest BCUT2D eigenvalue weighted by atomic mass is 28.3. The van der Waals surface area contributed by atoms with Crippen LogP contribution in [0.3, 0.4) is 0 Å². The number of hydrogen-bond donors (Lipinski definition) is 0. The van der Waals surface area contributed by atoms with Crippen LogP contribution < -0.4 is 0 Å². The van der Waals surface area contributed by atoms with E-state index in [2.05, 4.69) is 37.9 Å². The van der Waals surface area contributed by atoms with Crippen LogP contribution in [-0.4, -0.2) is 31.2 Å². The zero-order valence-corrected chi connectivity index (χ0v) is 16.2. The first-order valence-electron chi connectivity index (χ1n) is 10.0. The van der Waals surface area contributed by atoms with E-state index in [1.165, 1.54) is 51.1 Å². The van der Waals surface area contributed by atoms with Crippen molar-refractivity contribution in [3.63, 3.8) is 0 Å². The first-order chi connectivity index (χ1) is 10.4. The first-order valence-corrected chi connectivity index (χ1v) is 13.8. The van der Waals surface area contributed by atoms with E-state index in [4.69, 9.17) is 0 Å². The highest BCUT2D eigenvalue weighted by Gasteiger charge is 2.58. The summed E-state index contributed by atoms with van der Waals surface area (Å²) in [5, 5.41) is 0. The van der Waals surface area contributed by atoms with E-state index >= 15 is 0 Å². The fourth-order valence-corrected chi connectivity index (χ4v) is 8.17. The predicted molar refractivity (Wildman–Crippen MR) is 97.4 cm³/mol. The van der Waals surface area contributed by atoms with Gasteiger partial charge in [-0.15, -0.1) is 0 Å². The molecule has 2 heteroatoms. The topological polar surface area (TPSA) is 3.24 Å². The average Bonchev–Trinajstić information content (AvgIpc) is 2.94. The number of hydrogen-bond acceptors (Lipinski definition) is 1. The van der Waals surface area contributed by atoms with Gasteiger partial charge < -0.3 is 0 Å². The van der Waals surface area contributed by atoms with Gasteiger partial charge in [-0.05, 0) is 74.3 Å². The molecule has 4 aliphatic rings. The van der Waals surface area contributed by atoms with Crippen molar-refractivity contribution in [3.8, 4) is 0 Å². The Balaban J connectivity index is 1.63. The lowest BCUT2D eigenvalue weighted by Gasteiger charge is -2.42. The Morgan fingerprint density at radius 3 is 2.55 bits per heavy atom. The molecule has 0 spiro atoms. The SMILES string of the molecule is CC1CCC2C(C1)C1[CH]C3CCCCC3C1N2C[Si](C)(C)C. The van der Waals surface area contributed by atoms with Crippen molar-refractivity contribution < 1.29 is 0 Å². The molecule has 0 amide bonds. The van der Waals surface area contributed by atoms with Crippen molar-refractivity contribution in [2.24, 2.45) is 29.6 Å². The average molecular weight is 319 g/mol. The van der Waals surface area contributed by atoms with Crippen molar-refractivity contribution in [2.75, 3.05) is 6.17 Å². The maximum absolute atomic E-state index is 3.10. The zero-order chi connectivity index (χ0) is 15.5. The van der Waals surface area contributed by atoms with Crippen molar-refractivity contribution >= 4 is 8.07 Å². The summed E-state index contributed by atoms with van der Waals surface area (Å²) >= 11 is 0. The van der Waals surface area contributed by atoms with Gasteiger partial charge in [-0.2, -0.15) is 0 Å². The molecule has 1 aliphatic heterocycles. The molecule has 0 aromatic rings.